The molecule has 0 aliphatic carbocycles. The second-order valence-corrected chi connectivity index (χ2v) is 6.77. The Hall–Kier alpha value is -3.75. The van der Waals surface area contributed by atoms with Crippen LogP contribution >= 0.6 is 0 Å². The van der Waals surface area contributed by atoms with Gasteiger partial charge in [0.05, 0.1) is 29.3 Å². The lowest BCUT2D eigenvalue weighted by Gasteiger charge is -2.08. The van der Waals surface area contributed by atoms with Crippen molar-refractivity contribution in [1.29, 1.82) is 0 Å². The summed E-state index contributed by atoms with van der Waals surface area (Å²) in [6.45, 7) is 6.15. The van der Waals surface area contributed by atoms with Crippen LogP contribution in [0.2, 0.25) is 0 Å². The summed E-state index contributed by atoms with van der Waals surface area (Å²) in [5.74, 6) is 1.23. The highest BCUT2D eigenvalue weighted by Gasteiger charge is 2.11. The largest absolute Gasteiger partial charge is 0.361 e. The zero-order chi connectivity index (χ0) is 20.4. The number of urea groups is 1. The van der Waals surface area contributed by atoms with Gasteiger partial charge in [0.2, 0.25) is 0 Å². The number of pyridine rings is 2. The number of hydrogen-bond donors (Lipinski definition) is 2. The fourth-order valence-electron chi connectivity index (χ4n) is 3.18. The highest BCUT2D eigenvalue weighted by atomic mass is 16.5. The molecule has 4 aromatic heterocycles. The van der Waals surface area contributed by atoms with Gasteiger partial charge >= 0.3 is 6.03 Å². The third-order valence-electron chi connectivity index (χ3n) is 4.66. The molecule has 0 radical (unpaired) electrons. The quantitative estimate of drug-likeness (QED) is 0.541. The van der Waals surface area contributed by atoms with E-state index in [1.807, 2.05) is 32.9 Å². The second kappa shape index (κ2) is 7.70. The molecule has 0 atom stereocenters. The van der Waals surface area contributed by atoms with Crippen molar-refractivity contribution in [2.75, 3.05) is 11.9 Å². The lowest BCUT2D eigenvalue weighted by Crippen LogP contribution is -2.30. The van der Waals surface area contributed by atoms with Crippen LogP contribution < -0.4 is 10.6 Å². The molecule has 4 aromatic rings. The third kappa shape index (κ3) is 3.93. The number of nitrogens with zero attached hydrogens (tertiary/aromatic N) is 5. The Balaban J connectivity index is 1.41. The van der Waals surface area contributed by atoms with Gasteiger partial charge in [-0.2, -0.15) is 5.10 Å². The molecule has 0 saturated carbocycles. The number of fused-ring (bicyclic) bond motifs is 1. The smallest absolute Gasteiger partial charge is 0.320 e. The molecule has 0 aliphatic heterocycles. The van der Waals surface area contributed by atoms with Crippen LogP contribution in [0.25, 0.3) is 16.6 Å². The fourth-order valence-corrected chi connectivity index (χ4v) is 3.18. The first kappa shape index (κ1) is 18.6. The Labute approximate surface area is 167 Å². The predicted molar refractivity (Wildman–Crippen MR) is 108 cm³/mol. The number of aromatic nitrogens is 5. The van der Waals surface area contributed by atoms with Gasteiger partial charge in [0.15, 0.2) is 0 Å². The normalized spacial score (nSPS) is 11.0. The van der Waals surface area contributed by atoms with Crippen molar-refractivity contribution >= 4 is 22.8 Å². The van der Waals surface area contributed by atoms with E-state index in [2.05, 4.69) is 30.9 Å². The van der Waals surface area contributed by atoms with E-state index in [-0.39, 0.29) is 6.03 Å². The van der Waals surface area contributed by atoms with E-state index >= 15 is 0 Å². The van der Waals surface area contributed by atoms with Gasteiger partial charge in [0.25, 0.3) is 0 Å². The highest BCUT2D eigenvalue weighted by molar-refractivity contribution is 5.91. The molecule has 2 amide bonds. The van der Waals surface area contributed by atoms with Crippen molar-refractivity contribution in [2.24, 2.45) is 0 Å². The van der Waals surface area contributed by atoms with E-state index < -0.39 is 0 Å². The summed E-state index contributed by atoms with van der Waals surface area (Å²) in [4.78, 5) is 20.7. The Morgan fingerprint density at radius 1 is 1.17 bits per heavy atom. The van der Waals surface area contributed by atoms with Crippen LogP contribution in [0.15, 0.2) is 41.3 Å². The third-order valence-corrected chi connectivity index (χ3v) is 4.66. The van der Waals surface area contributed by atoms with Crippen molar-refractivity contribution in [3.05, 3.63) is 59.5 Å². The van der Waals surface area contributed by atoms with Crippen LogP contribution in [-0.4, -0.2) is 37.5 Å². The van der Waals surface area contributed by atoms with Crippen LogP contribution in [0.5, 0.6) is 0 Å². The minimum absolute atomic E-state index is 0.319. The first-order chi connectivity index (χ1) is 14.0. The second-order valence-electron chi connectivity index (χ2n) is 6.77. The van der Waals surface area contributed by atoms with Crippen molar-refractivity contribution in [3.8, 4) is 5.69 Å². The molecule has 0 aliphatic rings. The van der Waals surface area contributed by atoms with Crippen LogP contribution in [0.3, 0.4) is 0 Å². The summed E-state index contributed by atoms with van der Waals surface area (Å²) >= 11 is 0. The van der Waals surface area contributed by atoms with E-state index in [9.17, 15) is 4.79 Å². The lowest BCUT2D eigenvalue weighted by molar-refractivity contribution is 0.252. The molecule has 2 N–H and O–H groups in total. The summed E-state index contributed by atoms with van der Waals surface area (Å²) < 4.78 is 6.93. The topological polar surface area (TPSA) is 111 Å². The summed E-state index contributed by atoms with van der Waals surface area (Å²) in [6.07, 6.45) is 5.83. The Morgan fingerprint density at radius 2 is 2.03 bits per heavy atom. The van der Waals surface area contributed by atoms with Gasteiger partial charge in [0, 0.05) is 29.4 Å². The van der Waals surface area contributed by atoms with Crippen molar-refractivity contribution in [3.63, 3.8) is 0 Å². The van der Waals surface area contributed by atoms with E-state index in [4.69, 9.17) is 4.52 Å². The average Bonchev–Trinajstić information content (AvgIpc) is 3.25. The van der Waals surface area contributed by atoms with Gasteiger partial charge < -0.3 is 9.84 Å². The molecule has 4 rings (SSSR count). The Kier molecular flexibility index (Phi) is 4.94. The van der Waals surface area contributed by atoms with Gasteiger partial charge in [-0.05, 0) is 45.4 Å². The molecule has 148 valence electrons. The van der Waals surface area contributed by atoms with Crippen molar-refractivity contribution in [1.82, 2.24) is 30.2 Å². The van der Waals surface area contributed by atoms with Crippen LogP contribution in [0.4, 0.5) is 10.6 Å². The van der Waals surface area contributed by atoms with Gasteiger partial charge in [0.1, 0.15) is 11.6 Å². The van der Waals surface area contributed by atoms with Crippen molar-refractivity contribution < 1.29 is 9.32 Å². The maximum absolute atomic E-state index is 12.2. The molecule has 0 bridgehead atoms. The summed E-state index contributed by atoms with van der Waals surface area (Å²) in [6, 6.07) is 5.31. The minimum atomic E-state index is -0.319. The molecule has 9 nitrogen and oxygen atoms in total. The Morgan fingerprint density at radius 3 is 2.79 bits per heavy atom. The predicted octanol–water partition coefficient (Wildman–Crippen LogP) is 3.09. The van der Waals surface area contributed by atoms with Crippen LogP contribution in [0.1, 0.15) is 22.7 Å². The molecule has 29 heavy (non-hydrogen) atoms. The SMILES string of the molecule is Cc1cc(-n2ncc3cc(NC(=O)NCCc4c(C)noc4C)ncc32)ccn1. The number of carbonyl (C=O) groups excluding carboxylic acids is 1. The number of aryl methyl sites for hydroxylation is 3. The first-order valence-electron chi connectivity index (χ1n) is 9.24. The van der Waals surface area contributed by atoms with Gasteiger partial charge in [-0.15, -0.1) is 0 Å². The maximum Gasteiger partial charge on any atom is 0.320 e. The van der Waals surface area contributed by atoms with E-state index in [1.54, 1.807) is 29.3 Å². The molecule has 0 aromatic carbocycles. The fraction of sp³-hybridized carbons (Fsp3) is 0.250. The average molecular weight is 391 g/mol. The molecule has 9 heteroatoms. The Bertz CT molecular complexity index is 1160. The number of rotatable bonds is 5. The molecular formula is C20H21N7O2. The number of nitrogens with one attached hydrogen (secondary N) is 2. The molecule has 4 heterocycles. The lowest BCUT2D eigenvalue weighted by atomic mass is 10.1. The number of hydrogen-bond acceptors (Lipinski definition) is 6. The van der Waals surface area contributed by atoms with E-state index in [0.29, 0.717) is 18.8 Å². The molecule has 0 spiro atoms. The number of anilines is 1. The molecule has 0 unspecified atom stereocenters. The van der Waals surface area contributed by atoms with Crippen LogP contribution in [0, 0.1) is 20.8 Å². The molecule has 0 saturated heterocycles. The van der Waals surface area contributed by atoms with Crippen LogP contribution in [-0.2, 0) is 6.42 Å². The zero-order valence-electron chi connectivity index (χ0n) is 16.4. The van der Waals surface area contributed by atoms with Crippen molar-refractivity contribution in [2.45, 2.75) is 27.2 Å². The summed E-state index contributed by atoms with van der Waals surface area (Å²) in [5.41, 5.74) is 4.53. The molecule has 0 fully saturated rings. The van der Waals surface area contributed by atoms with E-state index in [0.717, 1.165) is 39.3 Å². The summed E-state index contributed by atoms with van der Waals surface area (Å²) in [7, 11) is 0. The number of carbonyl (C=O) groups is 1. The minimum Gasteiger partial charge on any atom is -0.361 e. The van der Waals surface area contributed by atoms with Gasteiger partial charge in [-0.25, -0.2) is 14.5 Å². The van der Waals surface area contributed by atoms with Gasteiger partial charge in [-0.1, -0.05) is 5.16 Å². The monoisotopic (exact) mass is 391 g/mol. The molecular weight excluding hydrogens is 370 g/mol. The first-order valence-corrected chi connectivity index (χ1v) is 9.24. The van der Waals surface area contributed by atoms with E-state index in [1.165, 1.54) is 0 Å². The standard InChI is InChI=1S/C20H21N7O2/c1-12-8-16(4-6-21-12)27-18-11-23-19(9-15(18)10-24-27)25-20(28)22-7-5-17-13(2)26-29-14(17)3/h4,6,8-11H,5,7H2,1-3H3,(H2,22,23,25,28). The maximum atomic E-state index is 12.2. The van der Waals surface area contributed by atoms with Gasteiger partial charge in [-0.3, -0.25) is 10.3 Å². The number of amides is 2. The zero-order valence-corrected chi connectivity index (χ0v) is 16.4. The highest BCUT2D eigenvalue weighted by Crippen LogP contribution is 2.20. The summed E-state index contributed by atoms with van der Waals surface area (Å²) in [5, 5.41) is 14.8.